The molecule has 2 fully saturated rings. The smallest absolute Gasteiger partial charge is 0.230 e. The molecule has 0 unspecified atom stereocenters. The zero-order valence-electron chi connectivity index (χ0n) is 18.6. The Kier molecular flexibility index (Phi) is 7.08. The van der Waals surface area contributed by atoms with Crippen LogP contribution in [-0.2, 0) is 15.0 Å². The van der Waals surface area contributed by atoms with E-state index < -0.39 is 5.41 Å². The number of nitrogens with one attached hydrogen (secondary N) is 1. The van der Waals surface area contributed by atoms with Crippen molar-refractivity contribution >= 4 is 17.5 Å². The van der Waals surface area contributed by atoms with Crippen molar-refractivity contribution in [1.82, 2.24) is 10.2 Å². The molecule has 0 spiro atoms. The maximum Gasteiger partial charge on any atom is 0.230 e. The highest BCUT2D eigenvalue weighted by atomic mass is 19.1. The third-order valence-corrected chi connectivity index (χ3v) is 6.90. The third kappa shape index (κ3) is 4.95. The molecule has 6 heteroatoms. The lowest BCUT2D eigenvalue weighted by Crippen LogP contribution is -2.50. The van der Waals surface area contributed by atoms with Crippen LogP contribution in [0.4, 0.5) is 10.1 Å². The highest BCUT2D eigenvalue weighted by Gasteiger charge is 2.41. The van der Waals surface area contributed by atoms with Crippen LogP contribution >= 0.6 is 0 Å². The minimum absolute atomic E-state index is 0.0708. The van der Waals surface area contributed by atoms with Gasteiger partial charge in [-0.2, -0.15) is 0 Å². The van der Waals surface area contributed by atoms with Crippen molar-refractivity contribution in [2.24, 2.45) is 0 Å². The summed E-state index contributed by atoms with van der Waals surface area (Å²) in [7, 11) is 0. The van der Waals surface area contributed by atoms with Gasteiger partial charge in [0.05, 0.1) is 5.41 Å². The number of carbonyl (C=O) groups is 2. The van der Waals surface area contributed by atoms with Crippen molar-refractivity contribution in [3.63, 3.8) is 0 Å². The molecule has 5 nitrogen and oxygen atoms in total. The standard InChI is InChI=1S/C26H32FN3O2/c27-22-9-7-8-21(20-22)26(13-5-2-6-14-26)25(32)28-15-12-24(31)30-18-16-29(17-19-30)23-10-3-1-4-11-23/h1,3-4,7-11,20H,2,5-6,12-19H2,(H,28,32). The second kappa shape index (κ2) is 10.2. The van der Waals surface area contributed by atoms with Gasteiger partial charge in [0.2, 0.25) is 11.8 Å². The molecule has 0 atom stereocenters. The fourth-order valence-electron chi connectivity index (χ4n) is 5.05. The molecule has 1 heterocycles. The first-order chi connectivity index (χ1) is 15.6. The van der Waals surface area contributed by atoms with E-state index in [2.05, 4.69) is 22.3 Å². The zero-order chi connectivity index (χ0) is 22.4. The number of amides is 2. The third-order valence-electron chi connectivity index (χ3n) is 6.90. The van der Waals surface area contributed by atoms with Crippen molar-refractivity contribution in [2.45, 2.75) is 43.9 Å². The Morgan fingerprint density at radius 2 is 1.62 bits per heavy atom. The van der Waals surface area contributed by atoms with E-state index in [9.17, 15) is 14.0 Å². The Labute approximate surface area is 189 Å². The van der Waals surface area contributed by atoms with Crippen LogP contribution in [0, 0.1) is 5.82 Å². The van der Waals surface area contributed by atoms with E-state index in [4.69, 9.17) is 0 Å². The predicted octanol–water partition coefficient (Wildman–Crippen LogP) is 3.88. The summed E-state index contributed by atoms with van der Waals surface area (Å²) in [6, 6.07) is 16.7. The van der Waals surface area contributed by atoms with E-state index >= 15 is 0 Å². The molecule has 0 bridgehead atoms. The van der Waals surface area contributed by atoms with Crippen LogP contribution in [0.2, 0.25) is 0 Å². The summed E-state index contributed by atoms with van der Waals surface area (Å²) >= 11 is 0. The van der Waals surface area contributed by atoms with E-state index in [-0.39, 0.29) is 24.1 Å². The number of benzene rings is 2. The van der Waals surface area contributed by atoms with Gasteiger partial charge in [-0.05, 0) is 42.7 Å². The van der Waals surface area contributed by atoms with E-state index in [1.54, 1.807) is 6.07 Å². The van der Waals surface area contributed by atoms with Crippen LogP contribution in [-0.4, -0.2) is 49.4 Å². The molecule has 0 radical (unpaired) electrons. The average Bonchev–Trinajstić information content (AvgIpc) is 2.85. The van der Waals surface area contributed by atoms with E-state index in [0.29, 0.717) is 19.6 Å². The molecule has 2 amide bonds. The molecule has 1 aliphatic heterocycles. The van der Waals surface area contributed by atoms with Crippen molar-refractivity contribution in [3.8, 4) is 0 Å². The topological polar surface area (TPSA) is 52.7 Å². The number of anilines is 1. The molecule has 1 N–H and O–H groups in total. The second-order valence-electron chi connectivity index (χ2n) is 8.86. The normalized spacial score (nSPS) is 18.3. The highest BCUT2D eigenvalue weighted by Crippen LogP contribution is 2.40. The first-order valence-corrected chi connectivity index (χ1v) is 11.7. The Balaban J connectivity index is 1.29. The number of carbonyl (C=O) groups excluding carboxylic acids is 2. The quantitative estimate of drug-likeness (QED) is 0.746. The monoisotopic (exact) mass is 437 g/mol. The van der Waals surface area contributed by atoms with Crippen LogP contribution in [0.3, 0.4) is 0 Å². The van der Waals surface area contributed by atoms with Crippen LogP contribution in [0.25, 0.3) is 0 Å². The average molecular weight is 438 g/mol. The largest absolute Gasteiger partial charge is 0.368 e. The van der Waals surface area contributed by atoms with Crippen molar-refractivity contribution in [2.75, 3.05) is 37.6 Å². The lowest BCUT2D eigenvalue weighted by molar-refractivity contribution is -0.132. The van der Waals surface area contributed by atoms with E-state index in [1.807, 2.05) is 29.2 Å². The Hall–Kier alpha value is -2.89. The van der Waals surface area contributed by atoms with Gasteiger partial charge < -0.3 is 15.1 Å². The number of rotatable bonds is 6. The van der Waals surface area contributed by atoms with Gasteiger partial charge in [-0.15, -0.1) is 0 Å². The van der Waals surface area contributed by atoms with Crippen LogP contribution < -0.4 is 10.2 Å². The summed E-state index contributed by atoms with van der Waals surface area (Å²) in [5.41, 5.74) is 1.24. The molecular formula is C26H32FN3O2. The molecule has 2 aromatic carbocycles. The summed E-state index contributed by atoms with van der Waals surface area (Å²) in [6.45, 7) is 3.31. The van der Waals surface area contributed by atoms with Crippen molar-refractivity contribution in [3.05, 3.63) is 66.0 Å². The molecule has 32 heavy (non-hydrogen) atoms. The molecule has 4 rings (SSSR count). The number of nitrogens with zero attached hydrogens (tertiary/aromatic N) is 2. The number of piperazine rings is 1. The number of hydrogen-bond donors (Lipinski definition) is 1. The summed E-state index contributed by atoms with van der Waals surface area (Å²) in [6.07, 6.45) is 4.73. The number of hydrogen-bond acceptors (Lipinski definition) is 3. The van der Waals surface area contributed by atoms with Crippen LogP contribution in [0.1, 0.15) is 44.1 Å². The van der Waals surface area contributed by atoms with E-state index in [0.717, 1.165) is 50.8 Å². The zero-order valence-corrected chi connectivity index (χ0v) is 18.6. The lowest BCUT2D eigenvalue weighted by Gasteiger charge is -2.37. The van der Waals surface area contributed by atoms with Gasteiger partial charge in [0.1, 0.15) is 5.82 Å². The molecule has 0 aromatic heterocycles. The van der Waals surface area contributed by atoms with Gasteiger partial charge in [-0.1, -0.05) is 49.6 Å². The van der Waals surface area contributed by atoms with Gasteiger partial charge in [0.15, 0.2) is 0 Å². The lowest BCUT2D eigenvalue weighted by atomic mass is 9.68. The second-order valence-corrected chi connectivity index (χ2v) is 8.86. The minimum atomic E-state index is -0.690. The summed E-state index contributed by atoms with van der Waals surface area (Å²) < 4.78 is 13.9. The van der Waals surface area contributed by atoms with Gasteiger partial charge in [-0.3, -0.25) is 9.59 Å². The Bertz CT molecular complexity index is 920. The molecule has 170 valence electrons. The van der Waals surface area contributed by atoms with E-state index in [1.165, 1.54) is 17.8 Å². The fourth-order valence-corrected chi connectivity index (χ4v) is 5.05. The number of para-hydroxylation sites is 1. The maximum absolute atomic E-state index is 13.9. The number of halogens is 1. The SMILES string of the molecule is O=C(CCNC(=O)C1(c2cccc(F)c2)CCCCC1)N1CCN(c2ccccc2)CC1. The van der Waals surface area contributed by atoms with Crippen molar-refractivity contribution in [1.29, 1.82) is 0 Å². The summed E-state index contributed by atoms with van der Waals surface area (Å²) in [5, 5.41) is 3.00. The summed E-state index contributed by atoms with van der Waals surface area (Å²) in [4.78, 5) is 30.1. The summed E-state index contributed by atoms with van der Waals surface area (Å²) in [5.74, 6) is -0.323. The molecule has 1 aliphatic carbocycles. The van der Waals surface area contributed by atoms with Crippen LogP contribution in [0.5, 0.6) is 0 Å². The Morgan fingerprint density at radius 1 is 0.906 bits per heavy atom. The molecule has 2 aliphatic rings. The van der Waals surface area contributed by atoms with Gasteiger partial charge in [0.25, 0.3) is 0 Å². The Morgan fingerprint density at radius 3 is 2.31 bits per heavy atom. The van der Waals surface area contributed by atoms with Crippen LogP contribution in [0.15, 0.2) is 54.6 Å². The van der Waals surface area contributed by atoms with Gasteiger partial charge in [0, 0.05) is 44.8 Å². The maximum atomic E-state index is 13.9. The highest BCUT2D eigenvalue weighted by molar-refractivity contribution is 5.89. The fraction of sp³-hybridized carbons (Fsp3) is 0.462. The molecule has 1 saturated heterocycles. The minimum Gasteiger partial charge on any atom is -0.368 e. The first-order valence-electron chi connectivity index (χ1n) is 11.7. The van der Waals surface area contributed by atoms with Crippen molar-refractivity contribution < 1.29 is 14.0 Å². The predicted molar refractivity (Wildman–Crippen MR) is 124 cm³/mol. The first kappa shape index (κ1) is 22.3. The van der Waals surface area contributed by atoms with Gasteiger partial charge in [-0.25, -0.2) is 4.39 Å². The molecule has 2 aromatic rings. The molecule has 1 saturated carbocycles. The van der Waals surface area contributed by atoms with Gasteiger partial charge >= 0.3 is 0 Å². The molecular weight excluding hydrogens is 405 g/mol.